The molecule has 0 amide bonds. The minimum Gasteiger partial charge on any atom is -0.377 e. The molecule has 0 aliphatic heterocycles. The summed E-state index contributed by atoms with van der Waals surface area (Å²) in [6, 6.07) is 0.598. The average Bonchev–Trinajstić information content (AvgIpc) is 2.94. The van der Waals surface area contributed by atoms with Gasteiger partial charge < -0.3 is 10.1 Å². The van der Waals surface area contributed by atoms with Crippen LogP contribution in [0.25, 0.3) is 0 Å². The molecule has 1 fully saturated rings. The first-order valence-corrected chi connectivity index (χ1v) is 6.00. The Labute approximate surface area is 88.4 Å². The van der Waals surface area contributed by atoms with Crippen LogP contribution in [-0.2, 0) is 4.74 Å². The summed E-state index contributed by atoms with van der Waals surface area (Å²) in [4.78, 5) is 0. The van der Waals surface area contributed by atoms with Crippen molar-refractivity contribution in [2.45, 2.75) is 52.7 Å². The van der Waals surface area contributed by atoms with Crippen molar-refractivity contribution in [2.75, 3.05) is 13.2 Å². The number of hydrogen-bond donors (Lipinski definition) is 1. The zero-order chi connectivity index (χ0) is 10.6. The van der Waals surface area contributed by atoms with E-state index in [0.29, 0.717) is 18.1 Å². The van der Waals surface area contributed by atoms with Crippen molar-refractivity contribution in [1.82, 2.24) is 5.32 Å². The summed E-state index contributed by atoms with van der Waals surface area (Å²) < 4.78 is 5.86. The Hall–Kier alpha value is -0.0800. The summed E-state index contributed by atoms with van der Waals surface area (Å²) >= 11 is 0. The SMILES string of the molecule is CCNC(COC(C)C(C)C)C1CC1. The van der Waals surface area contributed by atoms with E-state index in [0.717, 1.165) is 19.1 Å². The van der Waals surface area contributed by atoms with Crippen LogP contribution in [0.5, 0.6) is 0 Å². The smallest absolute Gasteiger partial charge is 0.0626 e. The Morgan fingerprint density at radius 1 is 1.29 bits per heavy atom. The molecule has 0 bridgehead atoms. The Balaban J connectivity index is 2.18. The van der Waals surface area contributed by atoms with Gasteiger partial charge in [0.05, 0.1) is 12.7 Å². The Morgan fingerprint density at radius 3 is 2.36 bits per heavy atom. The van der Waals surface area contributed by atoms with Crippen molar-refractivity contribution in [3.63, 3.8) is 0 Å². The fraction of sp³-hybridized carbons (Fsp3) is 1.00. The van der Waals surface area contributed by atoms with Crippen LogP contribution < -0.4 is 5.32 Å². The lowest BCUT2D eigenvalue weighted by Gasteiger charge is -2.22. The van der Waals surface area contributed by atoms with Crippen molar-refractivity contribution < 1.29 is 4.74 Å². The maximum atomic E-state index is 5.86. The first kappa shape index (κ1) is 12.0. The molecule has 0 heterocycles. The molecule has 0 aromatic rings. The molecule has 1 aliphatic carbocycles. The summed E-state index contributed by atoms with van der Waals surface area (Å²) in [5, 5.41) is 3.51. The molecule has 84 valence electrons. The number of ether oxygens (including phenoxy) is 1. The molecule has 0 spiro atoms. The van der Waals surface area contributed by atoms with Gasteiger partial charge in [-0.15, -0.1) is 0 Å². The van der Waals surface area contributed by atoms with E-state index in [-0.39, 0.29) is 0 Å². The van der Waals surface area contributed by atoms with E-state index < -0.39 is 0 Å². The molecule has 2 nitrogen and oxygen atoms in total. The molecule has 2 atom stereocenters. The quantitative estimate of drug-likeness (QED) is 0.680. The summed E-state index contributed by atoms with van der Waals surface area (Å²) in [5.41, 5.74) is 0. The molecule has 0 saturated heterocycles. The topological polar surface area (TPSA) is 21.3 Å². The fourth-order valence-corrected chi connectivity index (χ4v) is 1.57. The predicted molar refractivity (Wildman–Crippen MR) is 60.4 cm³/mol. The summed E-state index contributed by atoms with van der Waals surface area (Å²) in [7, 11) is 0. The molecule has 1 aliphatic rings. The molecule has 2 unspecified atom stereocenters. The van der Waals surface area contributed by atoms with Crippen LogP contribution in [0.2, 0.25) is 0 Å². The maximum absolute atomic E-state index is 5.86. The van der Waals surface area contributed by atoms with Crippen molar-refractivity contribution >= 4 is 0 Å². The number of rotatable bonds is 7. The van der Waals surface area contributed by atoms with Gasteiger partial charge in [0, 0.05) is 6.04 Å². The molecule has 2 heteroatoms. The van der Waals surface area contributed by atoms with Gasteiger partial charge in [0.15, 0.2) is 0 Å². The fourth-order valence-electron chi connectivity index (χ4n) is 1.57. The van der Waals surface area contributed by atoms with Crippen LogP contribution in [0.1, 0.15) is 40.5 Å². The molecule has 0 radical (unpaired) electrons. The van der Waals surface area contributed by atoms with Gasteiger partial charge in [-0.1, -0.05) is 20.8 Å². The van der Waals surface area contributed by atoms with Crippen LogP contribution in [0.3, 0.4) is 0 Å². The van der Waals surface area contributed by atoms with E-state index in [2.05, 4.69) is 33.0 Å². The van der Waals surface area contributed by atoms with Gasteiger partial charge in [-0.05, 0) is 38.1 Å². The first-order valence-electron chi connectivity index (χ1n) is 6.00. The summed E-state index contributed by atoms with van der Waals surface area (Å²) in [5.74, 6) is 1.51. The van der Waals surface area contributed by atoms with Gasteiger partial charge in [-0.2, -0.15) is 0 Å². The lowest BCUT2D eigenvalue weighted by molar-refractivity contribution is 0.0191. The third-order valence-electron chi connectivity index (χ3n) is 3.13. The van der Waals surface area contributed by atoms with Crippen LogP contribution in [-0.4, -0.2) is 25.3 Å². The van der Waals surface area contributed by atoms with Crippen molar-refractivity contribution in [3.05, 3.63) is 0 Å². The zero-order valence-electron chi connectivity index (χ0n) is 10.0. The van der Waals surface area contributed by atoms with Crippen molar-refractivity contribution in [2.24, 2.45) is 11.8 Å². The van der Waals surface area contributed by atoms with E-state index in [4.69, 9.17) is 4.74 Å². The number of likely N-dealkylation sites (N-methyl/N-ethyl adjacent to an activating group) is 1. The van der Waals surface area contributed by atoms with Crippen LogP contribution in [0.15, 0.2) is 0 Å². The van der Waals surface area contributed by atoms with E-state index in [9.17, 15) is 0 Å². The second kappa shape index (κ2) is 5.72. The lowest BCUT2D eigenvalue weighted by Crippen LogP contribution is -2.37. The van der Waals surface area contributed by atoms with Gasteiger partial charge in [0.2, 0.25) is 0 Å². The third kappa shape index (κ3) is 3.97. The van der Waals surface area contributed by atoms with E-state index in [1.54, 1.807) is 0 Å². The standard InChI is InChI=1S/C12H25NO/c1-5-13-12(11-6-7-11)8-14-10(4)9(2)3/h9-13H,5-8H2,1-4H3. The minimum atomic E-state index is 0.384. The molecule has 1 rings (SSSR count). The molecular formula is C12H25NO. The predicted octanol–water partition coefficient (Wildman–Crippen LogP) is 2.44. The monoisotopic (exact) mass is 199 g/mol. The number of nitrogens with one attached hydrogen (secondary N) is 1. The Bertz CT molecular complexity index is 154. The van der Waals surface area contributed by atoms with Crippen LogP contribution >= 0.6 is 0 Å². The van der Waals surface area contributed by atoms with Gasteiger partial charge in [-0.3, -0.25) is 0 Å². The highest BCUT2D eigenvalue weighted by Gasteiger charge is 2.31. The lowest BCUT2D eigenvalue weighted by atomic mass is 10.1. The highest BCUT2D eigenvalue weighted by Crippen LogP contribution is 2.32. The van der Waals surface area contributed by atoms with Crippen LogP contribution in [0.4, 0.5) is 0 Å². The minimum absolute atomic E-state index is 0.384. The van der Waals surface area contributed by atoms with E-state index >= 15 is 0 Å². The van der Waals surface area contributed by atoms with Crippen LogP contribution in [0, 0.1) is 11.8 Å². The molecule has 0 aromatic carbocycles. The molecule has 0 aromatic heterocycles. The second-order valence-electron chi connectivity index (χ2n) is 4.78. The Kier molecular flexibility index (Phi) is 4.90. The molecule has 1 saturated carbocycles. The van der Waals surface area contributed by atoms with E-state index in [1.165, 1.54) is 12.8 Å². The summed E-state index contributed by atoms with van der Waals surface area (Å²) in [6.45, 7) is 10.7. The van der Waals surface area contributed by atoms with Gasteiger partial charge in [0.1, 0.15) is 0 Å². The normalized spacial score (nSPS) is 21.2. The van der Waals surface area contributed by atoms with Gasteiger partial charge >= 0.3 is 0 Å². The molecular weight excluding hydrogens is 174 g/mol. The highest BCUT2D eigenvalue weighted by molar-refractivity contribution is 4.86. The Morgan fingerprint density at radius 2 is 1.93 bits per heavy atom. The highest BCUT2D eigenvalue weighted by atomic mass is 16.5. The van der Waals surface area contributed by atoms with Gasteiger partial charge in [-0.25, -0.2) is 0 Å². The molecule has 14 heavy (non-hydrogen) atoms. The largest absolute Gasteiger partial charge is 0.377 e. The second-order valence-corrected chi connectivity index (χ2v) is 4.78. The summed E-state index contributed by atoms with van der Waals surface area (Å²) in [6.07, 6.45) is 3.16. The zero-order valence-corrected chi connectivity index (χ0v) is 10.0. The average molecular weight is 199 g/mol. The van der Waals surface area contributed by atoms with Crippen molar-refractivity contribution in [1.29, 1.82) is 0 Å². The van der Waals surface area contributed by atoms with E-state index in [1.807, 2.05) is 0 Å². The number of hydrogen-bond acceptors (Lipinski definition) is 2. The molecule has 1 N–H and O–H groups in total. The third-order valence-corrected chi connectivity index (χ3v) is 3.13. The van der Waals surface area contributed by atoms with Gasteiger partial charge in [0.25, 0.3) is 0 Å². The maximum Gasteiger partial charge on any atom is 0.0626 e. The van der Waals surface area contributed by atoms with Crippen molar-refractivity contribution in [3.8, 4) is 0 Å². The first-order chi connectivity index (χ1) is 6.65.